The van der Waals surface area contributed by atoms with Gasteiger partial charge in [-0.25, -0.2) is 9.07 Å². The highest BCUT2D eigenvalue weighted by Gasteiger charge is 2.07. The number of halogens is 1. The van der Waals surface area contributed by atoms with Gasteiger partial charge in [0.1, 0.15) is 5.82 Å². The first-order chi connectivity index (χ1) is 7.72. The van der Waals surface area contributed by atoms with Gasteiger partial charge in [-0.1, -0.05) is 11.3 Å². The summed E-state index contributed by atoms with van der Waals surface area (Å²) in [5.74, 6) is -0.267. The third-order valence-electron chi connectivity index (χ3n) is 2.39. The van der Waals surface area contributed by atoms with Gasteiger partial charge in [-0.2, -0.15) is 0 Å². The van der Waals surface area contributed by atoms with Gasteiger partial charge >= 0.3 is 0 Å². The van der Waals surface area contributed by atoms with Crippen LogP contribution in [-0.4, -0.2) is 26.7 Å². The number of aliphatic hydroxyl groups is 1. The van der Waals surface area contributed by atoms with E-state index in [9.17, 15) is 4.39 Å². The molecule has 4 nitrogen and oxygen atoms in total. The van der Waals surface area contributed by atoms with Crippen molar-refractivity contribution in [1.29, 1.82) is 0 Å². The zero-order valence-corrected chi connectivity index (χ0v) is 8.89. The fraction of sp³-hybridized carbons (Fsp3) is 0.273. The van der Waals surface area contributed by atoms with Crippen LogP contribution in [0.2, 0.25) is 0 Å². The molecule has 16 heavy (non-hydrogen) atoms. The zero-order valence-electron chi connectivity index (χ0n) is 8.89. The summed E-state index contributed by atoms with van der Waals surface area (Å²) in [6, 6.07) is 4.81. The summed E-state index contributed by atoms with van der Waals surface area (Å²) in [7, 11) is 0. The van der Waals surface area contributed by atoms with Gasteiger partial charge in [-0.05, 0) is 19.1 Å². The van der Waals surface area contributed by atoms with Crippen molar-refractivity contribution in [2.75, 3.05) is 6.61 Å². The summed E-state index contributed by atoms with van der Waals surface area (Å²) in [5, 5.41) is 16.5. The summed E-state index contributed by atoms with van der Waals surface area (Å²) >= 11 is 0. The maximum atomic E-state index is 13.3. The second kappa shape index (κ2) is 4.40. The molecule has 1 aromatic carbocycles. The Labute approximate surface area is 92.3 Å². The van der Waals surface area contributed by atoms with Crippen molar-refractivity contribution in [2.24, 2.45) is 0 Å². The minimum Gasteiger partial charge on any atom is -0.396 e. The highest BCUT2D eigenvalue weighted by Crippen LogP contribution is 2.15. The van der Waals surface area contributed by atoms with Crippen LogP contribution in [0.5, 0.6) is 0 Å². The molecule has 0 aliphatic rings. The van der Waals surface area contributed by atoms with Crippen LogP contribution >= 0.6 is 0 Å². The maximum Gasteiger partial charge on any atom is 0.128 e. The Balaban J connectivity index is 2.39. The molecule has 0 aliphatic heterocycles. The monoisotopic (exact) mass is 221 g/mol. The molecule has 1 heterocycles. The van der Waals surface area contributed by atoms with E-state index < -0.39 is 0 Å². The molecular weight excluding hydrogens is 209 g/mol. The lowest BCUT2D eigenvalue weighted by atomic mass is 10.2. The number of rotatable bonds is 3. The molecule has 1 N–H and O–H groups in total. The molecule has 0 aliphatic carbocycles. The van der Waals surface area contributed by atoms with Crippen molar-refractivity contribution in [3.05, 3.63) is 41.5 Å². The van der Waals surface area contributed by atoms with Gasteiger partial charge < -0.3 is 5.11 Å². The molecule has 0 radical (unpaired) electrons. The molecule has 0 atom stereocenters. The molecule has 0 saturated carbocycles. The molecule has 2 aromatic rings. The Morgan fingerprint density at radius 2 is 2.25 bits per heavy atom. The van der Waals surface area contributed by atoms with Crippen LogP contribution in [0.15, 0.2) is 24.4 Å². The summed E-state index contributed by atoms with van der Waals surface area (Å²) in [4.78, 5) is 0. The van der Waals surface area contributed by atoms with E-state index >= 15 is 0 Å². The van der Waals surface area contributed by atoms with Crippen molar-refractivity contribution in [3.8, 4) is 5.69 Å². The maximum absolute atomic E-state index is 13.3. The molecule has 2 rings (SSSR count). The minimum atomic E-state index is -0.267. The topological polar surface area (TPSA) is 50.9 Å². The van der Waals surface area contributed by atoms with Crippen molar-refractivity contribution < 1.29 is 9.50 Å². The third-order valence-corrected chi connectivity index (χ3v) is 2.39. The fourth-order valence-electron chi connectivity index (χ4n) is 1.49. The van der Waals surface area contributed by atoms with E-state index in [0.717, 1.165) is 0 Å². The summed E-state index contributed by atoms with van der Waals surface area (Å²) in [6.45, 7) is 1.72. The van der Waals surface area contributed by atoms with E-state index in [1.807, 2.05) is 0 Å². The molecule has 1 aromatic heterocycles. The van der Waals surface area contributed by atoms with Crippen LogP contribution < -0.4 is 0 Å². The van der Waals surface area contributed by atoms with Crippen LogP contribution in [-0.2, 0) is 6.42 Å². The van der Waals surface area contributed by atoms with E-state index in [2.05, 4.69) is 10.3 Å². The number of hydrogen-bond donors (Lipinski definition) is 1. The SMILES string of the molecule is Cc1c(F)cccc1-n1cc(CCO)nn1. The smallest absolute Gasteiger partial charge is 0.128 e. The highest BCUT2D eigenvalue weighted by molar-refractivity contribution is 5.40. The Morgan fingerprint density at radius 3 is 3.00 bits per heavy atom. The molecule has 0 unspecified atom stereocenters. The lowest BCUT2D eigenvalue weighted by Crippen LogP contribution is -1.99. The third kappa shape index (κ3) is 1.94. The summed E-state index contributed by atoms with van der Waals surface area (Å²) < 4.78 is 14.8. The normalized spacial score (nSPS) is 10.7. The van der Waals surface area contributed by atoms with Gasteiger partial charge in [0.15, 0.2) is 0 Å². The quantitative estimate of drug-likeness (QED) is 0.848. The number of nitrogens with zero attached hydrogens (tertiary/aromatic N) is 3. The van der Waals surface area contributed by atoms with E-state index in [-0.39, 0.29) is 12.4 Å². The average Bonchev–Trinajstić information content (AvgIpc) is 2.71. The van der Waals surface area contributed by atoms with E-state index in [1.54, 1.807) is 25.3 Å². The molecule has 0 amide bonds. The lowest BCUT2D eigenvalue weighted by Gasteiger charge is -2.04. The number of hydrogen-bond acceptors (Lipinski definition) is 3. The number of benzene rings is 1. The Hall–Kier alpha value is -1.75. The largest absolute Gasteiger partial charge is 0.396 e. The molecular formula is C11H12FN3O. The van der Waals surface area contributed by atoms with E-state index in [1.165, 1.54) is 10.7 Å². The number of aromatic nitrogens is 3. The standard InChI is InChI=1S/C11H12FN3O/c1-8-10(12)3-2-4-11(8)15-7-9(5-6-16)13-14-15/h2-4,7,16H,5-6H2,1H3. The van der Waals surface area contributed by atoms with E-state index in [0.29, 0.717) is 23.4 Å². The van der Waals surface area contributed by atoms with Crippen LogP contribution in [0.1, 0.15) is 11.3 Å². The fourth-order valence-corrected chi connectivity index (χ4v) is 1.49. The van der Waals surface area contributed by atoms with Gasteiger partial charge in [0.25, 0.3) is 0 Å². The summed E-state index contributed by atoms with van der Waals surface area (Å²) in [6.07, 6.45) is 2.15. The summed E-state index contributed by atoms with van der Waals surface area (Å²) in [5.41, 5.74) is 1.88. The van der Waals surface area contributed by atoms with Gasteiger partial charge in [-0.3, -0.25) is 0 Å². The van der Waals surface area contributed by atoms with Crippen LogP contribution in [0, 0.1) is 12.7 Å². The lowest BCUT2D eigenvalue weighted by molar-refractivity contribution is 0.298. The Kier molecular flexibility index (Phi) is 2.96. The van der Waals surface area contributed by atoms with Crippen molar-refractivity contribution >= 4 is 0 Å². The molecule has 84 valence electrons. The highest BCUT2D eigenvalue weighted by atomic mass is 19.1. The molecule has 0 saturated heterocycles. The van der Waals surface area contributed by atoms with Gasteiger partial charge in [0.2, 0.25) is 0 Å². The predicted octanol–water partition coefficient (Wildman–Crippen LogP) is 1.25. The number of aliphatic hydroxyl groups excluding tert-OH is 1. The van der Waals surface area contributed by atoms with Gasteiger partial charge in [0, 0.05) is 18.6 Å². The first-order valence-electron chi connectivity index (χ1n) is 5.00. The second-order valence-corrected chi connectivity index (χ2v) is 3.51. The minimum absolute atomic E-state index is 0.0286. The molecule has 0 bridgehead atoms. The first kappa shape index (κ1) is 10.8. The van der Waals surface area contributed by atoms with E-state index in [4.69, 9.17) is 5.11 Å². The van der Waals surface area contributed by atoms with Gasteiger partial charge in [0.05, 0.1) is 17.6 Å². The predicted molar refractivity (Wildman–Crippen MR) is 56.8 cm³/mol. The average molecular weight is 221 g/mol. The molecule has 5 heteroatoms. The Bertz CT molecular complexity index is 496. The van der Waals surface area contributed by atoms with Crippen molar-refractivity contribution in [2.45, 2.75) is 13.3 Å². The van der Waals surface area contributed by atoms with Crippen LogP contribution in [0.25, 0.3) is 5.69 Å². The molecule has 0 spiro atoms. The van der Waals surface area contributed by atoms with Crippen molar-refractivity contribution in [3.63, 3.8) is 0 Å². The van der Waals surface area contributed by atoms with Crippen LogP contribution in [0.4, 0.5) is 4.39 Å². The first-order valence-corrected chi connectivity index (χ1v) is 5.00. The zero-order chi connectivity index (χ0) is 11.5. The van der Waals surface area contributed by atoms with Gasteiger partial charge in [-0.15, -0.1) is 5.10 Å². The van der Waals surface area contributed by atoms with Crippen molar-refractivity contribution in [1.82, 2.24) is 15.0 Å². The second-order valence-electron chi connectivity index (χ2n) is 3.51. The molecule has 0 fully saturated rings. The van der Waals surface area contributed by atoms with Crippen LogP contribution in [0.3, 0.4) is 0 Å². The Morgan fingerprint density at radius 1 is 1.44 bits per heavy atom.